The third-order valence-electron chi connectivity index (χ3n) is 3.10. The first-order valence-corrected chi connectivity index (χ1v) is 7.99. The molecule has 7 heteroatoms. The number of carbonyl (C=O) groups excluding carboxylic acids is 1. The van der Waals surface area contributed by atoms with E-state index in [4.69, 9.17) is 16.3 Å². The van der Waals surface area contributed by atoms with Crippen molar-refractivity contribution in [1.82, 2.24) is 0 Å². The Hall–Kier alpha value is -2.34. The van der Waals surface area contributed by atoms with Gasteiger partial charge in [-0.05, 0) is 51.1 Å². The quantitative estimate of drug-likeness (QED) is 0.740. The number of hydrogen-bond acceptors (Lipinski definition) is 3. The molecule has 0 aliphatic carbocycles. The SMILES string of the molecule is CC(C)(C)OC(=O)Nc1ccc(F)c(NCc2ccc(Cl)cc2F)c1. The predicted molar refractivity (Wildman–Crippen MR) is 95.0 cm³/mol. The van der Waals surface area contributed by atoms with Gasteiger partial charge in [0.05, 0.1) is 5.69 Å². The third kappa shape index (κ3) is 5.90. The molecule has 0 atom stereocenters. The lowest BCUT2D eigenvalue weighted by Gasteiger charge is -2.20. The summed E-state index contributed by atoms with van der Waals surface area (Å²) in [5.74, 6) is -1.01. The molecule has 0 saturated carbocycles. The van der Waals surface area contributed by atoms with Crippen LogP contribution in [0.15, 0.2) is 36.4 Å². The van der Waals surface area contributed by atoms with Crippen LogP contribution in [0.5, 0.6) is 0 Å². The minimum absolute atomic E-state index is 0.0653. The Kier molecular flexibility index (Phi) is 5.85. The fourth-order valence-corrected chi connectivity index (χ4v) is 2.17. The summed E-state index contributed by atoms with van der Waals surface area (Å²) in [5, 5.41) is 5.61. The first-order chi connectivity index (χ1) is 11.6. The molecule has 4 nitrogen and oxygen atoms in total. The molecule has 0 aliphatic heterocycles. The van der Waals surface area contributed by atoms with Crippen LogP contribution in [-0.4, -0.2) is 11.7 Å². The van der Waals surface area contributed by atoms with Crippen molar-refractivity contribution >= 4 is 29.1 Å². The molecular weight excluding hydrogens is 350 g/mol. The minimum Gasteiger partial charge on any atom is -0.444 e. The van der Waals surface area contributed by atoms with Gasteiger partial charge in [0.2, 0.25) is 0 Å². The molecule has 2 aromatic rings. The molecule has 2 aromatic carbocycles. The smallest absolute Gasteiger partial charge is 0.412 e. The topological polar surface area (TPSA) is 50.4 Å². The highest BCUT2D eigenvalue weighted by Gasteiger charge is 2.16. The van der Waals surface area contributed by atoms with Gasteiger partial charge in [-0.25, -0.2) is 13.6 Å². The van der Waals surface area contributed by atoms with Gasteiger partial charge in [-0.15, -0.1) is 0 Å². The molecule has 0 spiro atoms. The highest BCUT2D eigenvalue weighted by molar-refractivity contribution is 6.30. The van der Waals surface area contributed by atoms with Gasteiger partial charge in [-0.1, -0.05) is 17.7 Å². The average Bonchev–Trinajstić information content (AvgIpc) is 2.47. The zero-order valence-corrected chi connectivity index (χ0v) is 14.9. The minimum atomic E-state index is -0.645. The van der Waals surface area contributed by atoms with Crippen molar-refractivity contribution in [2.45, 2.75) is 32.9 Å². The summed E-state index contributed by atoms with van der Waals surface area (Å²) < 4.78 is 32.8. The summed E-state index contributed by atoms with van der Waals surface area (Å²) >= 11 is 5.70. The Morgan fingerprint density at radius 2 is 1.84 bits per heavy atom. The number of carbonyl (C=O) groups is 1. The first kappa shape index (κ1) is 19.0. The maximum Gasteiger partial charge on any atom is 0.412 e. The van der Waals surface area contributed by atoms with Crippen LogP contribution in [0.3, 0.4) is 0 Å². The van der Waals surface area contributed by atoms with Crippen molar-refractivity contribution in [3.8, 4) is 0 Å². The van der Waals surface area contributed by atoms with E-state index in [-0.39, 0.29) is 17.3 Å². The van der Waals surface area contributed by atoms with Crippen molar-refractivity contribution < 1.29 is 18.3 Å². The second-order valence-corrected chi connectivity index (χ2v) is 6.85. The van der Waals surface area contributed by atoms with E-state index in [1.165, 1.54) is 30.3 Å². The van der Waals surface area contributed by atoms with Crippen molar-refractivity contribution in [3.63, 3.8) is 0 Å². The molecule has 0 radical (unpaired) electrons. The number of benzene rings is 2. The van der Waals surface area contributed by atoms with Crippen LogP contribution < -0.4 is 10.6 Å². The molecule has 0 aliphatic rings. The molecule has 0 saturated heterocycles. The summed E-state index contributed by atoms with van der Waals surface area (Å²) in [6.45, 7) is 5.29. The Bertz CT molecular complexity index is 776. The largest absolute Gasteiger partial charge is 0.444 e. The number of ether oxygens (including phenoxy) is 1. The average molecular weight is 369 g/mol. The molecule has 0 aromatic heterocycles. The highest BCUT2D eigenvalue weighted by Crippen LogP contribution is 2.22. The molecule has 0 fully saturated rings. The standard InChI is InChI=1S/C18H19ClF2N2O2/c1-18(2,3)25-17(24)23-13-6-7-14(20)16(9-13)22-10-11-4-5-12(19)8-15(11)21/h4-9,22H,10H2,1-3H3,(H,23,24). The lowest BCUT2D eigenvalue weighted by molar-refractivity contribution is 0.0636. The van der Waals surface area contributed by atoms with Crippen LogP contribution in [0.1, 0.15) is 26.3 Å². The Balaban J connectivity index is 2.07. The number of amides is 1. The lowest BCUT2D eigenvalue weighted by atomic mass is 10.2. The normalized spacial score (nSPS) is 11.1. The zero-order chi connectivity index (χ0) is 18.6. The van der Waals surface area contributed by atoms with Crippen molar-refractivity contribution in [2.75, 3.05) is 10.6 Å². The number of hydrogen-bond donors (Lipinski definition) is 2. The molecular formula is C18H19ClF2N2O2. The summed E-state index contributed by atoms with van der Waals surface area (Å²) in [6, 6.07) is 8.28. The van der Waals surface area contributed by atoms with Crippen LogP contribution in [0, 0.1) is 11.6 Å². The summed E-state index contributed by atoms with van der Waals surface area (Å²) in [4.78, 5) is 11.8. The van der Waals surface area contributed by atoms with Gasteiger partial charge in [0.1, 0.15) is 17.2 Å². The number of anilines is 2. The Labute approximate surface area is 150 Å². The van der Waals surface area contributed by atoms with E-state index < -0.39 is 23.3 Å². The molecule has 0 bridgehead atoms. The monoisotopic (exact) mass is 368 g/mol. The van der Waals surface area contributed by atoms with Gasteiger partial charge < -0.3 is 10.1 Å². The Morgan fingerprint density at radius 1 is 1.12 bits per heavy atom. The van der Waals surface area contributed by atoms with Gasteiger partial charge in [0, 0.05) is 22.8 Å². The molecule has 0 heterocycles. The van der Waals surface area contributed by atoms with Gasteiger partial charge >= 0.3 is 6.09 Å². The Morgan fingerprint density at radius 3 is 2.48 bits per heavy atom. The van der Waals surface area contributed by atoms with E-state index in [0.29, 0.717) is 11.3 Å². The number of nitrogens with one attached hydrogen (secondary N) is 2. The van der Waals surface area contributed by atoms with Gasteiger partial charge in [0.25, 0.3) is 0 Å². The predicted octanol–water partition coefficient (Wildman–Crippen LogP) is 5.58. The van der Waals surface area contributed by atoms with Gasteiger partial charge in [-0.3, -0.25) is 5.32 Å². The van der Waals surface area contributed by atoms with Gasteiger partial charge in [0.15, 0.2) is 0 Å². The second-order valence-electron chi connectivity index (χ2n) is 6.41. The molecule has 0 unspecified atom stereocenters. The fraction of sp³-hybridized carbons (Fsp3) is 0.278. The third-order valence-corrected chi connectivity index (χ3v) is 3.33. The maximum atomic E-state index is 13.9. The van der Waals surface area contributed by atoms with Crippen LogP contribution in [0.25, 0.3) is 0 Å². The van der Waals surface area contributed by atoms with Gasteiger partial charge in [-0.2, -0.15) is 0 Å². The molecule has 1 amide bonds. The lowest BCUT2D eigenvalue weighted by Crippen LogP contribution is -2.27. The van der Waals surface area contributed by atoms with E-state index in [1.54, 1.807) is 26.8 Å². The van der Waals surface area contributed by atoms with Crippen molar-refractivity contribution in [2.24, 2.45) is 0 Å². The van der Waals surface area contributed by atoms with Crippen LogP contribution >= 0.6 is 11.6 Å². The van der Waals surface area contributed by atoms with Crippen LogP contribution in [0.2, 0.25) is 5.02 Å². The number of halogens is 3. The van der Waals surface area contributed by atoms with E-state index in [0.717, 1.165) is 0 Å². The maximum absolute atomic E-state index is 13.9. The fourth-order valence-electron chi connectivity index (χ4n) is 2.02. The molecule has 2 N–H and O–H groups in total. The van der Waals surface area contributed by atoms with Crippen molar-refractivity contribution in [1.29, 1.82) is 0 Å². The number of rotatable bonds is 4. The van der Waals surface area contributed by atoms with E-state index in [1.807, 2.05) is 0 Å². The summed E-state index contributed by atoms with van der Waals surface area (Å²) in [6.07, 6.45) is -0.645. The van der Waals surface area contributed by atoms with E-state index >= 15 is 0 Å². The second kappa shape index (κ2) is 7.70. The summed E-state index contributed by atoms with van der Waals surface area (Å²) in [5.41, 5.74) is 0.184. The summed E-state index contributed by atoms with van der Waals surface area (Å²) in [7, 11) is 0. The van der Waals surface area contributed by atoms with E-state index in [2.05, 4.69) is 10.6 Å². The first-order valence-electron chi connectivity index (χ1n) is 7.61. The van der Waals surface area contributed by atoms with Crippen LogP contribution in [0.4, 0.5) is 25.0 Å². The van der Waals surface area contributed by atoms with Crippen LogP contribution in [-0.2, 0) is 11.3 Å². The highest BCUT2D eigenvalue weighted by atomic mass is 35.5. The molecule has 134 valence electrons. The van der Waals surface area contributed by atoms with Crippen molar-refractivity contribution in [3.05, 3.63) is 58.6 Å². The molecule has 25 heavy (non-hydrogen) atoms. The van der Waals surface area contributed by atoms with E-state index in [9.17, 15) is 13.6 Å². The zero-order valence-electron chi connectivity index (χ0n) is 14.1. The molecule has 2 rings (SSSR count).